The van der Waals surface area contributed by atoms with Gasteiger partial charge in [-0.2, -0.15) is 5.48 Å². The maximum atomic E-state index is 8.92. The smallest absolute Gasteiger partial charge is 0.0649 e. The van der Waals surface area contributed by atoms with E-state index in [0.717, 1.165) is 6.42 Å². The average Bonchev–Trinajstić information content (AvgIpc) is 2.50. The maximum absolute atomic E-state index is 8.92. The Morgan fingerprint density at radius 2 is 2.50 bits per heavy atom. The molecular weight excluding hydrogens is 190 g/mol. The molecule has 2 heterocycles. The van der Waals surface area contributed by atoms with Crippen LogP contribution in [0.4, 0.5) is 0 Å². The standard InChI is InChI=1S/C8H11NOS2/c1-5-4-7(9-10)6-2-3-11-8(6)12-5/h2-3,5,7,9-10H,4H2,1H3/t5-,7?/m0/s1. The first-order chi connectivity index (χ1) is 5.81. The summed E-state index contributed by atoms with van der Waals surface area (Å²) in [5.74, 6) is 0. The summed E-state index contributed by atoms with van der Waals surface area (Å²) >= 11 is 3.67. The zero-order valence-corrected chi connectivity index (χ0v) is 8.41. The molecule has 0 saturated heterocycles. The number of hydrogen-bond acceptors (Lipinski definition) is 4. The van der Waals surface area contributed by atoms with Gasteiger partial charge >= 0.3 is 0 Å². The number of thioether (sulfide) groups is 1. The highest BCUT2D eigenvalue weighted by molar-refractivity contribution is 8.01. The van der Waals surface area contributed by atoms with Gasteiger partial charge in [0.1, 0.15) is 0 Å². The molecule has 0 fully saturated rings. The van der Waals surface area contributed by atoms with E-state index < -0.39 is 0 Å². The van der Waals surface area contributed by atoms with Crippen molar-refractivity contribution in [1.29, 1.82) is 0 Å². The molecule has 0 aromatic carbocycles. The third-order valence-corrected chi connectivity index (χ3v) is 4.41. The fourth-order valence-corrected chi connectivity index (χ4v) is 4.04. The SMILES string of the molecule is C[C@H]1CC(NO)c2ccsc2S1. The van der Waals surface area contributed by atoms with Gasteiger partial charge in [-0.15, -0.1) is 23.1 Å². The predicted molar refractivity (Wildman–Crippen MR) is 51.9 cm³/mol. The van der Waals surface area contributed by atoms with Gasteiger partial charge in [0.2, 0.25) is 0 Å². The molecule has 1 aliphatic rings. The van der Waals surface area contributed by atoms with E-state index in [4.69, 9.17) is 5.21 Å². The highest BCUT2D eigenvalue weighted by atomic mass is 32.2. The van der Waals surface area contributed by atoms with E-state index in [1.807, 2.05) is 11.8 Å². The van der Waals surface area contributed by atoms with E-state index in [1.54, 1.807) is 11.3 Å². The summed E-state index contributed by atoms with van der Waals surface area (Å²) in [4.78, 5) is 0. The normalized spacial score (nSPS) is 28.5. The molecule has 1 aliphatic heterocycles. The molecular formula is C8H11NOS2. The van der Waals surface area contributed by atoms with Crippen molar-refractivity contribution in [1.82, 2.24) is 5.48 Å². The van der Waals surface area contributed by atoms with Crippen LogP contribution in [0.15, 0.2) is 15.7 Å². The van der Waals surface area contributed by atoms with Crippen LogP contribution in [0.3, 0.4) is 0 Å². The molecule has 0 bridgehead atoms. The third-order valence-electron chi connectivity index (χ3n) is 2.07. The van der Waals surface area contributed by atoms with Crippen molar-refractivity contribution in [3.05, 3.63) is 17.0 Å². The molecule has 66 valence electrons. The molecule has 0 amide bonds. The molecule has 12 heavy (non-hydrogen) atoms. The monoisotopic (exact) mass is 201 g/mol. The lowest BCUT2D eigenvalue weighted by atomic mass is 10.1. The van der Waals surface area contributed by atoms with Crippen LogP contribution in [0.25, 0.3) is 0 Å². The number of fused-ring (bicyclic) bond motifs is 1. The quantitative estimate of drug-likeness (QED) is 0.685. The van der Waals surface area contributed by atoms with Crippen LogP contribution in [0.2, 0.25) is 0 Å². The van der Waals surface area contributed by atoms with Crippen molar-refractivity contribution < 1.29 is 5.21 Å². The molecule has 1 unspecified atom stereocenters. The Hall–Kier alpha value is -0.0300. The average molecular weight is 201 g/mol. The molecule has 4 heteroatoms. The Morgan fingerprint density at radius 1 is 1.67 bits per heavy atom. The Bertz CT molecular complexity index is 274. The Balaban J connectivity index is 2.31. The Kier molecular flexibility index (Phi) is 2.41. The van der Waals surface area contributed by atoms with Crippen LogP contribution < -0.4 is 5.48 Å². The molecule has 2 rings (SSSR count). The van der Waals surface area contributed by atoms with Gasteiger partial charge in [0.15, 0.2) is 0 Å². The van der Waals surface area contributed by atoms with E-state index in [9.17, 15) is 0 Å². The summed E-state index contributed by atoms with van der Waals surface area (Å²) in [6, 6.07) is 2.23. The largest absolute Gasteiger partial charge is 0.316 e. The predicted octanol–water partition coefficient (Wildman–Crippen LogP) is 2.65. The maximum Gasteiger partial charge on any atom is 0.0649 e. The molecule has 1 aromatic rings. The Labute approximate surface area is 79.9 Å². The second kappa shape index (κ2) is 3.38. The minimum absolute atomic E-state index is 0.141. The summed E-state index contributed by atoms with van der Waals surface area (Å²) in [7, 11) is 0. The first-order valence-electron chi connectivity index (χ1n) is 3.95. The van der Waals surface area contributed by atoms with Crippen molar-refractivity contribution in [3.63, 3.8) is 0 Å². The van der Waals surface area contributed by atoms with Crippen molar-refractivity contribution in [2.75, 3.05) is 0 Å². The van der Waals surface area contributed by atoms with Crippen LogP contribution in [-0.2, 0) is 0 Å². The lowest BCUT2D eigenvalue weighted by Crippen LogP contribution is -2.23. The van der Waals surface area contributed by atoms with E-state index in [1.165, 1.54) is 9.77 Å². The number of thiophene rings is 1. The van der Waals surface area contributed by atoms with Crippen LogP contribution in [0.5, 0.6) is 0 Å². The molecule has 2 nitrogen and oxygen atoms in total. The molecule has 0 aliphatic carbocycles. The molecule has 0 spiro atoms. The molecule has 1 aromatic heterocycles. The molecule has 0 saturated carbocycles. The fraction of sp³-hybridized carbons (Fsp3) is 0.500. The topological polar surface area (TPSA) is 32.3 Å². The van der Waals surface area contributed by atoms with Crippen LogP contribution in [-0.4, -0.2) is 10.5 Å². The van der Waals surface area contributed by atoms with Gasteiger partial charge in [0, 0.05) is 5.25 Å². The summed E-state index contributed by atoms with van der Waals surface area (Å²) in [5.41, 5.74) is 3.63. The van der Waals surface area contributed by atoms with Gasteiger partial charge in [-0.1, -0.05) is 6.92 Å². The summed E-state index contributed by atoms with van der Waals surface area (Å²) in [5, 5.41) is 11.6. The lowest BCUT2D eigenvalue weighted by Gasteiger charge is -2.25. The van der Waals surface area contributed by atoms with Crippen molar-refractivity contribution >= 4 is 23.1 Å². The minimum Gasteiger partial charge on any atom is -0.316 e. The highest BCUT2D eigenvalue weighted by Crippen LogP contribution is 2.43. The van der Waals surface area contributed by atoms with E-state index in [2.05, 4.69) is 23.9 Å². The van der Waals surface area contributed by atoms with Crippen molar-refractivity contribution in [2.24, 2.45) is 0 Å². The Morgan fingerprint density at radius 3 is 3.25 bits per heavy atom. The number of hydrogen-bond donors (Lipinski definition) is 2. The van der Waals surface area contributed by atoms with Crippen molar-refractivity contribution in [2.45, 2.75) is 28.8 Å². The first kappa shape index (κ1) is 8.56. The second-order valence-corrected chi connectivity index (χ2v) is 5.63. The van der Waals surface area contributed by atoms with Gasteiger partial charge in [-0.3, -0.25) is 0 Å². The zero-order valence-electron chi connectivity index (χ0n) is 6.78. The second-order valence-electron chi connectivity index (χ2n) is 3.01. The summed E-state index contributed by atoms with van der Waals surface area (Å²) in [6.45, 7) is 2.19. The van der Waals surface area contributed by atoms with Crippen LogP contribution in [0.1, 0.15) is 24.9 Å². The van der Waals surface area contributed by atoms with Crippen molar-refractivity contribution in [3.8, 4) is 0 Å². The molecule has 2 atom stereocenters. The zero-order chi connectivity index (χ0) is 8.55. The number of rotatable bonds is 1. The van der Waals surface area contributed by atoms with Gasteiger partial charge in [0.25, 0.3) is 0 Å². The van der Waals surface area contributed by atoms with Gasteiger partial charge < -0.3 is 5.21 Å². The van der Waals surface area contributed by atoms with Gasteiger partial charge in [0.05, 0.1) is 10.3 Å². The number of hydroxylamine groups is 1. The van der Waals surface area contributed by atoms with Gasteiger partial charge in [-0.25, -0.2) is 0 Å². The van der Waals surface area contributed by atoms with Crippen LogP contribution in [0, 0.1) is 0 Å². The fourth-order valence-electron chi connectivity index (χ4n) is 1.47. The van der Waals surface area contributed by atoms with E-state index in [0.29, 0.717) is 5.25 Å². The third kappa shape index (κ3) is 1.40. The highest BCUT2D eigenvalue weighted by Gasteiger charge is 2.25. The number of nitrogens with one attached hydrogen (secondary N) is 1. The lowest BCUT2D eigenvalue weighted by molar-refractivity contribution is 0.120. The first-order valence-corrected chi connectivity index (χ1v) is 5.71. The molecule has 0 radical (unpaired) electrons. The summed E-state index contributed by atoms with van der Waals surface area (Å²) in [6.07, 6.45) is 1.00. The van der Waals surface area contributed by atoms with E-state index >= 15 is 0 Å². The van der Waals surface area contributed by atoms with E-state index in [-0.39, 0.29) is 6.04 Å². The molecule has 2 N–H and O–H groups in total. The summed E-state index contributed by atoms with van der Waals surface area (Å²) < 4.78 is 1.35. The van der Waals surface area contributed by atoms with Gasteiger partial charge in [-0.05, 0) is 23.4 Å². The van der Waals surface area contributed by atoms with Crippen LogP contribution >= 0.6 is 23.1 Å². The minimum atomic E-state index is 0.141.